The molecule has 1 fully saturated rings. The van der Waals surface area contributed by atoms with Crippen LogP contribution in [-0.4, -0.2) is 25.2 Å². The fraction of sp³-hybridized carbons (Fsp3) is 0.462. The van der Waals surface area contributed by atoms with Crippen molar-refractivity contribution in [3.05, 3.63) is 35.9 Å². The van der Waals surface area contributed by atoms with Crippen molar-refractivity contribution in [3.8, 4) is 0 Å². The molecule has 2 unspecified atom stereocenters. The standard InChI is InChI=1S/C13H17NO2/c1-16-12-8-7-11(9-12)14-13(15)10-5-3-2-4-6-10/h2-6,11-12H,7-9H2,1H3,(H,14,15). The molecule has 0 heterocycles. The van der Waals surface area contributed by atoms with Gasteiger partial charge in [-0.05, 0) is 31.4 Å². The maximum Gasteiger partial charge on any atom is 0.251 e. The summed E-state index contributed by atoms with van der Waals surface area (Å²) >= 11 is 0. The highest BCUT2D eigenvalue weighted by molar-refractivity contribution is 5.94. The Balaban J connectivity index is 1.89. The molecule has 16 heavy (non-hydrogen) atoms. The Bertz CT molecular complexity index is 350. The molecule has 1 aliphatic carbocycles. The summed E-state index contributed by atoms with van der Waals surface area (Å²) in [5.74, 6) is 0.0161. The van der Waals surface area contributed by atoms with Crippen molar-refractivity contribution in [2.45, 2.75) is 31.4 Å². The zero-order chi connectivity index (χ0) is 11.4. The van der Waals surface area contributed by atoms with Gasteiger partial charge in [-0.15, -0.1) is 0 Å². The quantitative estimate of drug-likeness (QED) is 0.844. The second-order valence-electron chi connectivity index (χ2n) is 4.21. The third kappa shape index (κ3) is 2.61. The summed E-state index contributed by atoms with van der Waals surface area (Å²) in [4.78, 5) is 11.8. The number of hydrogen-bond acceptors (Lipinski definition) is 2. The molecule has 1 N–H and O–H groups in total. The molecule has 3 heteroatoms. The number of ether oxygens (including phenoxy) is 1. The summed E-state index contributed by atoms with van der Waals surface area (Å²) in [5, 5.41) is 3.04. The molecule has 3 nitrogen and oxygen atoms in total. The SMILES string of the molecule is COC1CCC(NC(=O)c2ccccc2)C1. The molecule has 0 radical (unpaired) electrons. The lowest BCUT2D eigenvalue weighted by atomic mass is 10.2. The second-order valence-corrected chi connectivity index (χ2v) is 4.21. The van der Waals surface area contributed by atoms with Gasteiger partial charge in [-0.3, -0.25) is 4.79 Å². The van der Waals surface area contributed by atoms with E-state index in [2.05, 4.69) is 5.32 Å². The summed E-state index contributed by atoms with van der Waals surface area (Å²) in [6.07, 6.45) is 3.28. The topological polar surface area (TPSA) is 38.3 Å². The maximum atomic E-state index is 11.8. The first kappa shape index (κ1) is 11.1. The lowest BCUT2D eigenvalue weighted by Gasteiger charge is -2.12. The molecule has 1 saturated carbocycles. The molecule has 1 aromatic rings. The average Bonchev–Trinajstić information content (AvgIpc) is 2.78. The average molecular weight is 219 g/mol. The molecule has 0 bridgehead atoms. The zero-order valence-corrected chi connectivity index (χ0v) is 9.48. The van der Waals surface area contributed by atoms with Gasteiger partial charge in [0.25, 0.3) is 5.91 Å². The van der Waals surface area contributed by atoms with Crippen molar-refractivity contribution in [1.82, 2.24) is 5.32 Å². The van der Waals surface area contributed by atoms with E-state index in [1.807, 2.05) is 30.3 Å². The van der Waals surface area contributed by atoms with Crippen LogP contribution in [0.2, 0.25) is 0 Å². The molecule has 1 amide bonds. The van der Waals surface area contributed by atoms with Gasteiger partial charge in [0, 0.05) is 18.7 Å². The van der Waals surface area contributed by atoms with Crippen LogP contribution in [0.15, 0.2) is 30.3 Å². The summed E-state index contributed by atoms with van der Waals surface area (Å²) in [6, 6.07) is 9.59. The fourth-order valence-corrected chi connectivity index (χ4v) is 2.14. The molecule has 86 valence electrons. The van der Waals surface area contributed by atoms with Crippen molar-refractivity contribution in [2.24, 2.45) is 0 Å². The molecule has 0 saturated heterocycles. The van der Waals surface area contributed by atoms with Crippen LogP contribution in [-0.2, 0) is 4.74 Å². The minimum atomic E-state index is 0.0161. The lowest BCUT2D eigenvalue weighted by molar-refractivity contribution is 0.0915. The van der Waals surface area contributed by atoms with Gasteiger partial charge in [-0.25, -0.2) is 0 Å². The summed E-state index contributed by atoms with van der Waals surface area (Å²) in [7, 11) is 1.73. The molecule has 2 atom stereocenters. The number of hydrogen-bond donors (Lipinski definition) is 1. The van der Waals surface area contributed by atoms with Crippen LogP contribution in [0.4, 0.5) is 0 Å². The van der Waals surface area contributed by atoms with Gasteiger partial charge in [-0.1, -0.05) is 18.2 Å². The van der Waals surface area contributed by atoms with E-state index in [0.717, 1.165) is 24.8 Å². The van der Waals surface area contributed by atoms with Gasteiger partial charge in [0.05, 0.1) is 6.10 Å². The van der Waals surface area contributed by atoms with Gasteiger partial charge in [-0.2, -0.15) is 0 Å². The Labute approximate surface area is 95.8 Å². The predicted octanol–water partition coefficient (Wildman–Crippen LogP) is 1.98. The minimum Gasteiger partial charge on any atom is -0.381 e. The first-order valence-electron chi connectivity index (χ1n) is 5.68. The Morgan fingerprint density at radius 2 is 2.06 bits per heavy atom. The lowest BCUT2D eigenvalue weighted by Crippen LogP contribution is -2.33. The van der Waals surface area contributed by atoms with E-state index in [9.17, 15) is 4.79 Å². The molecular formula is C13H17NO2. The molecular weight excluding hydrogens is 202 g/mol. The van der Waals surface area contributed by atoms with Gasteiger partial charge in [0.2, 0.25) is 0 Å². The number of methoxy groups -OCH3 is 1. The van der Waals surface area contributed by atoms with Gasteiger partial charge in [0.1, 0.15) is 0 Å². The Morgan fingerprint density at radius 1 is 1.31 bits per heavy atom. The number of carbonyl (C=O) groups is 1. The van der Waals surface area contributed by atoms with Crippen molar-refractivity contribution in [3.63, 3.8) is 0 Å². The summed E-state index contributed by atoms with van der Waals surface area (Å²) < 4.78 is 5.28. The van der Waals surface area contributed by atoms with E-state index in [1.54, 1.807) is 7.11 Å². The van der Waals surface area contributed by atoms with Crippen LogP contribution in [0.3, 0.4) is 0 Å². The van der Waals surface area contributed by atoms with Gasteiger partial charge in [0.15, 0.2) is 0 Å². The Kier molecular flexibility index (Phi) is 3.57. The predicted molar refractivity (Wildman–Crippen MR) is 62.3 cm³/mol. The van der Waals surface area contributed by atoms with Crippen molar-refractivity contribution >= 4 is 5.91 Å². The molecule has 0 spiro atoms. The maximum absolute atomic E-state index is 11.8. The minimum absolute atomic E-state index is 0.0161. The molecule has 1 aliphatic rings. The third-order valence-corrected chi connectivity index (χ3v) is 3.09. The first-order chi connectivity index (χ1) is 7.79. The van der Waals surface area contributed by atoms with Crippen LogP contribution in [0.1, 0.15) is 29.6 Å². The molecule has 1 aromatic carbocycles. The molecule has 2 rings (SSSR count). The monoisotopic (exact) mass is 219 g/mol. The Morgan fingerprint density at radius 3 is 2.69 bits per heavy atom. The number of rotatable bonds is 3. The van der Waals surface area contributed by atoms with Crippen LogP contribution >= 0.6 is 0 Å². The van der Waals surface area contributed by atoms with Gasteiger partial charge >= 0.3 is 0 Å². The van der Waals surface area contributed by atoms with Crippen molar-refractivity contribution in [2.75, 3.05) is 7.11 Å². The van der Waals surface area contributed by atoms with E-state index in [4.69, 9.17) is 4.74 Å². The van der Waals surface area contributed by atoms with E-state index >= 15 is 0 Å². The Hall–Kier alpha value is -1.35. The smallest absolute Gasteiger partial charge is 0.251 e. The van der Waals surface area contributed by atoms with Gasteiger partial charge < -0.3 is 10.1 Å². The third-order valence-electron chi connectivity index (χ3n) is 3.09. The first-order valence-corrected chi connectivity index (χ1v) is 5.68. The highest BCUT2D eigenvalue weighted by atomic mass is 16.5. The van der Waals surface area contributed by atoms with Crippen LogP contribution in [0, 0.1) is 0 Å². The van der Waals surface area contributed by atoms with Crippen LogP contribution < -0.4 is 5.32 Å². The number of benzene rings is 1. The highest BCUT2D eigenvalue weighted by Crippen LogP contribution is 2.21. The number of amides is 1. The van der Waals surface area contributed by atoms with E-state index in [1.165, 1.54) is 0 Å². The van der Waals surface area contributed by atoms with E-state index < -0.39 is 0 Å². The van der Waals surface area contributed by atoms with E-state index in [0.29, 0.717) is 6.10 Å². The number of nitrogens with one attached hydrogen (secondary N) is 1. The summed E-state index contributed by atoms with van der Waals surface area (Å²) in [5.41, 5.74) is 0.725. The van der Waals surface area contributed by atoms with E-state index in [-0.39, 0.29) is 11.9 Å². The molecule has 0 aliphatic heterocycles. The van der Waals surface area contributed by atoms with Crippen LogP contribution in [0.25, 0.3) is 0 Å². The fourth-order valence-electron chi connectivity index (χ4n) is 2.14. The largest absolute Gasteiger partial charge is 0.381 e. The number of carbonyl (C=O) groups excluding carboxylic acids is 1. The van der Waals surface area contributed by atoms with Crippen molar-refractivity contribution in [1.29, 1.82) is 0 Å². The normalized spacial score (nSPS) is 24.3. The highest BCUT2D eigenvalue weighted by Gasteiger charge is 2.25. The molecule has 0 aromatic heterocycles. The van der Waals surface area contributed by atoms with Crippen molar-refractivity contribution < 1.29 is 9.53 Å². The zero-order valence-electron chi connectivity index (χ0n) is 9.48. The van der Waals surface area contributed by atoms with Crippen LogP contribution in [0.5, 0.6) is 0 Å². The second kappa shape index (κ2) is 5.12. The summed E-state index contributed by atoms with van der Waals surface area (Å²) in [6.45, 7) is 0.